The molecular formula is C8H4Cl2N4Se4. The van der Waals surface area contributed by atoms with E-state index in [-0.39, 0.29) is 24.8 Å². The van der Waals surface area contributed by atoms with E-state index >= 15 is 0 Å². The molecule has 0 bridgehead atoms. The average molecular weight is 543 g/mol. The Morgan fingerprint density at radius 2 is 1.33 bits per heavy atom. The van der Waals surface area contributed by atoms with E-state index in [0.717, 1.165) is 22.8 Å². The van der Waals surface area contributed by atoms with Gasteiger partial charge in [-0.15, -0.1) is 0 Å². The molecule has 3 aromatic rings. The van der Waals surface area contributed by atoms with Crippen LogP contribution in [0.4, 0.5) is 0 Å². The molecule has 10 heteroatoms. The Hall–Kier alpha value is 0.818. The van der Waals surface area contributed by atoms with Crippen molar-refractivity contribution in [3.8, 4) is 22.8 Å². The third kappa shape index (κ3) is 3.91. The summed E-state index contributed by atoms with van der Waals surface area (Å²) in [5.74, 6) is 1.85. The number of hydrogen-bond donors (Lipinski definition) is 0. The van der Waals surface area contributed by atoms with Gasteiger partial charge in [-0.3, -0.25) is 0 Å². The normalized spacial score (nSPS) is 9.33. The molecule has 1 aromatic carbocycles. The average Bonchev–Trinajstić information content (AvgIpc) is 3.03. The summed E-state index contributed by atoms with van der Waals surface area (Å²) in [4.78, 5) is 0. The monoisotopic (exact) mass is 546 g/mol. The maximum atomic E-state index is 4.45. The molecule has 4 nitrogen and oxygen atoms in total. The van der Waals surface area contributed by atoms with Crippen molar-refractivity contribution in [2.24, 2.45) is 0 Å². The van der Waals surface area contributed by atoms with Crippen LogP contribution >= 0.6 is 0 Å². The van der Waals surface area contributed by atoms with E-state index in [1.165, 1.54) is 0 Å². The van der Waals surface area contributed by atoms with Crippen LogP contribution in [-0.2, 0) is 0 Å². The van der Waals surface area contributed by atoms with E-state index in [0.29, 0.717) is 51.4 Å². The predicted octanol–water partition coefficient (Wildman–Crippen LogP) is -6.60. The number of halogens is 2. The molecule has 0 aliphatic carbocycles. The topological polar surface area (TPSA) is 51.6 Å². The zero-order chi connectivity index (χ0) is 10.8. The van der Waals surface area contributed by atoms with Crippen molar-refractivity contribution < 1.29 is 24.8 Å². The molecular weight excluding hydrogens is 539 g/mol. The van der Waals surface area contributed by atoms with E-state index < -0.39 is 0 Å². The van der Waals surface area contributed by atoms with Crippen LogP contribution < -0.4 is 24.8 Å². The van der Waals surface area contributed by atoms with E-state index in [1.54, 1.807) is 0 Å². The summed E-state index contributed by atoms with van der Waals surface area (Å²) in [6.45, 7) is 0. The zero-order valence-electron chi connectivity index (χ0n) is 8.49. The van der Waals surface area contributed by atoms with Gasteiger partial charge in [0, 0.05) is 0 Å². The van der Waals surface area contributed by atoms with Crippen LogP contribution in [0.5, 0.6) is 0 Å². The molecule has 0 aliphatic rings. The van der Waals surface area contributed by atoms with Crippen molar-refractivity contribution in [3.63, 3.8) is 0 Å². The number of aromatic nitrogens is 4. The predicted molar refractivity (Wildman–Crippen MR) is 65.1 cm³/mol. The molecule has 0 aliphatic heterocycles. The van der Waals surface area contributed by atoms with Crippen molar-refractivity contribution in [3.05, 3.63) is 24.3 Å². The minimum atomic E-state index is 0. The van der Waals surface area contributed by atoms with E-state index in [9.17, 15) is 0 Å². The summed E-state index contributed by atoms with van der Waals surface area (Å²) < 4.78 is 17.8. The number of benzene rings is 1. The first kappa shape index (κ1) is 16.9. The van der Waals surface area contributed by atoms with E-state index in [1.807, 2.05) is 6.07 Å². The van der Waals surface area contributed by atoms with Gasteiger partial charge in [0.2, 0.25) is 0 Å². The van der Waals surface area contributed by atoms with Crippen LogP contribution in [0.25, 0.3) is 22.8 Å². The van der Waals surface area contributed by atoms with Crippen LogP contribution in [0.15, 0.2) is 24.3 Å². The van der Waals surface area contributed by atoms with Crippen molar-refractivity contribution >= 4 is 51.4 Å². The Kier molecular flexibility index (Phi) is 7.67. The second kappa shape index (κ2) is 8.18. The molecule has 0 spiro atoms. The van der Waals surface area contributed by atoms with Gasteiger partial charge in [0.25, 0.3) is 0 Å². The van der Waals surface area contributed by atoms with Crippen molar-refractivity contribution in [1.82, 2.24) is 15.9 Å². The summed E-state index contributed by atoms with van der Waals surface area (Å²) in [5, 5.41) is 0. The van der Waals surface area contributed by atoms with Crippen LogP contribution in [0.2, 0.25) is 0 Å². The van der Waals surface area contributed by atoms with Gasteiger partial charge in [-0.2, -0.15) is 0 Å². The first-order chi connectivity index (χ1) is 7.93. The first-order valence-electron chi connectivity index (χ1n) is 4.28. The molecule has 0 unspecified atom stereocenters. The SMILES string of the molecule is [Cl-].[Cl-].c1cc(-c2n[se][se+]n2)cc(-c2n[se][se+]n2)c1. The molecule has 0 amide bonds. The van der Waals surface area contributed by atoms with Gasteiger partial charge in [-0.05, 0) is 0 Å². The van der Waals surface area contributed by atoms with Gasteiger partial charge in [-0.25, -0.2) is 0 Å². The fourth-order valence-corrected chi connectivity index (χ4v) is 8.41. The van der Waals surface area contributed by atoms with E-state index in [2.05, 4.69) is 34.1 Å². The molecule has 0 atom stereocenters. The summed E-state index contributed by atoms with van der Waals surface area (Å²) in [5.41, 5.74) is 2.23. The Bertz CT molecular complexity index is 537. The zero-order valence-corrected chi connectivity index (χ0v) is 16.9. The van der Waals surface area contributed by atoms with Gasteiger partial charge in [0.05, 0.1) is 0 Å². The molecule has 3 rings (SSSR count). The van der Waals surface area contributed by atoms with Crippen LogP contribution in [0, 0.1) is 0 Å². The van der Waals surface area contributed by atoms with Crippen LogP contribution in [-0.4, -0.2) is 67.4 Å². The van der Waals surface area contributed by atoms with E-state index in [4.69, 9.17) is 0 Å². The fourth-order valence-electron chi connectivity index (χ4n) is 1.25. The first-order valence-corrected chi connectivity index (χ1v) is 16.0. The Morgan fingerprint density at radius 1 is 0.833 bits per heavy atom. The molecule has 2 heterocycles. The second-order valence-electron chi connectivity index (χ2n) is 2.89. The third-order valence-electron chi connectivity index (χ3n) is 1.94. The minimum absolute atomic E-state index is 0. The summed E-state index contributed by atoms with van der Waals surface area (Å²) in [6.07, 6.45) is 0. The molecule has 0 N–H and O–H groups in total. The van der Waals surface area contributed by atoms with Gasteiger partial charge in [0.15, 0.2) is 0 Å². The Morgan fingerprint density at radius 3 is 1.72 bits per heavy atom. The number of nitrogens with zero attached hydrogens (tertiary/aromatic N) is 4. The standard InChI is InChI=1S/C8H4N4Se4.2ClH/c1-2-5(7-9-13-14-10-7)4-6(3-1)8-11-15-16-12-8;;/h1-4H;2*1H/q+2;;/p-2. The van der Waals surface area contributed by atoms with Crippen LogP contribution in [0.1, 0.15) is 0 Å². The van der Waals surface area contributed by atoms with Gasteiger partial charge in [0.1, 0.15) is 0 Å². The van der Waals surface area contributed by atoms with Crippen molar-refractivity contribution in [1.29, 1.82) is 0 Å². The summed E-state index contributed by atoms with van der Waals surface area (Å²) in [6, 6.07) is 8.28. The van der Waals surface area contributed by atoms with Crippen molar-refractivity contribution in [2.45, 2.75) is 0 Å². The molecule has 0 saturated heterocycles. The Balaban J connectivity index is 0.000000810. The van der Waals surface area contributed by atoms with Gasteiger partial charge in [-0.1, -0.05) is 0 Å². The van der Waals surface area contributed by atoms with Crippen molar-refractivity contribution in [2.75, 3.05) is 0 Å². The third-order valence-corrected chi connectivity index (χ3v) is 9.00. The molecule has 94 valence electrons. The van der Waals surface area contributed by atoms with Gasteiger partial charge >= 0.3 is 114 Å². The fraction of sp³-hybridized carbons (Fsp3) is 0. The molecule has 18 heavy (non-hydrogen) atoms. The summed E-state index contributed by atoms with van der Waals surface area (Å²) in [7, 11) is 0. The number of hydrogen-bond acceptors (Lipinski definition) is 4. The quantitative estimate of drug-likeness (QED) is 0.302. The molecule has 0 fully saturated rings. The Labute approximate surface area is 138 Å². The molecule has 0 saturated carbocycles. The van der Waals surface area contributed by atoms with Crippen LogP contribution in [0.3, 0.4) is 0 Å². The maximum absolute atomic E-state index is 4.45. The number of rotatable bonds is 2. The summed E-state index contributed by atoms with van der Waals surface area (Å²) >= 11 is 1.50. The second-order valence-corrected chi connectivity index (χ2v) is 12.2. The molecule has 0 radical (unpaired) electrons. The molecule has 2 aromatic heterocycles. The van der Waals surface area contributed by atoms with Gasteiger partial charge < -0.3 is 24.8 Å².